The summed E-state index contributed by atoms with van der Waals surface area (Å²) in [6.07, 6.45) is 1.49. The second-order valence-corrected chi connectivity index (χ2v) is 14.1. The Balaban J connectivity index is 1.29. The summed E-state index contributed by atoms with van der Waals surface area (Å²) < 4.78 is 28.6. The van der Waals surface area contributed by atoms with Crippen LogP contribution in [0.3, 0.4) is 0 Å². The van der Waals surface area contributed by atoms with E-state index in [2.05, 4.69) is 20.0 Å². The molecule has 1 atom stereocenters. The van der Waals surface area contributed by atoms with Gasteiger partial charge in [-0.3, -0.25) is 19.4 Å². The Bertz CT molecular complexity index is 1770. The summed E-state index contributed by atoms with van der Waals surface area (Å²) in [7, 11) is -2.60. The Labute approximate surface area is 259 Å². The highest BCUT2D eigenvalue weighted by molar-refractivity contribution is 7.89. The molecule has 1 aromatic carbocycles. The van der Waals surface area contributed by atoms with E-state index in [1.165, 1.54) is 23.3 Å². The molecule has 1 saturated heterocycles. The molecule has 0 spiro atoms. The van der Waals surface area contributed by atoms with Crippen molar-refractivity contribution in [2.75, 3.05) is 36.9 Å². The zero-order valence-corrected chi connectivity index (χ0v) is 26.2. The lowest BCUT2D eigenvalue weighted by molar-refractivity contribution is -0.118. The molecule has 44 heavy (non-hydrogen) atoms. The molecule has 3 aromatic rings. The predicted molar refractivity (Wildman–Crippen MR) is 165 cm³/mol. The molecule has 4 heterocycles. The molecule has 0 bridgehead atoms. The molecule has 2 fully saturated rings. The van der Waals surface area contributed by atoms with Gasteiger partial charge in [0.15, 0.2) is 5.13 Å². The lowest BCUT2D eigenvalue weighted by Gasteiger charge is -2.24. The van der Waals surface area contributed by atoms with Crippen LogP contribution >= 0.6 is 11.3 Å². The molecule has 3 amide bonds. The summed E-state index contributed by atoms with van der Waals surface area (Å²) in [5, 5.41) is 13.0. The highest BCUT2D eigenvalue weighted by Gasteiger charge is 2.41. The zero-order valence-electron chi connectivity index (χ0n) is 24.5. The van der Waals surface area contributed by atoms with Gasteiger partial charge in [-0.2, -0.15) is 0 Å². The molecule has 3 N–H and O–H groups in total. The van der Waals surface area contributed by atoms with Crippen molar-refractivity contribution in [2.24, 2.45) is 5.92 Å². The minimum Gasteiger partial charge on any atom is -0.465 e. The van der Waals surface area contributed by atoms with E-state index >= 15 is 0 Å². The first-order chi connectivity index (χ1) is 21.0. The van der Waals surface area contributed by atoms with E-state index in [0.29, 0.717) is 59.0 Å². The van der Waals surface area contributed by atoms with Gasteiger partial charge in [0.05, 0.1) is 21.0 Å². The summed E-state index contributed by atoms with van der Waals surface area (Å²) in [5.41, 5.74) is 2.22. The van der Waals surface area contributed by atoms with Gasteiger partial charge < -0.3 is 15.3 Å². The molecule has 15 heteroatoms. The number of fused-ring (bicyclic) bond motifs is 1. The number of aromatic nitrogens is 2. The first kappa shape index (κ1) is 30.0. The summed E-state index contributed by atoms with van der Waals surface area (Å²) in [6, 6.07) is 8.65. The van der Waals surface area contributed by atoms with Gasteiger partial charge in [-0.05, 0) is 81.5 Å². The highest BCUT2D eigenvalue weighted by atomic mass is 32.2. The number of carboxylic acid groups (broad SMARTS) is 1. The molecule has 3 aliphatic rings. The fourth-order valence-electron chi connectivity index (χ4n) is 5.80. The molecule has 1 aliphatic carbocycles. The van der Waals surface area contributed by atoms with Gasteiger partial charge in [0.25, 0.3) is 5.91 Å². The summed E-state index contributed by atoms with van der Waals surface area (Å²) >= 11 is 1.32. The van der Waals surface area contributed by atoms with E-state index < -0.39 is 16.1 Å². The molecule has 232 valence electrons. The maximum atomic E-state index is 13.5. The lowest BCUT2D eigenvalue weighted by Crippen LogP contribution is -2.39. The van der Waals surface area contributed by atoms with Crippen LogP contribution in [0.15, 0.2) is 35.2 Å². The van der Waals surface area contributed by atoms with E-state index in [1.807, 2.05) is 19.9 Å². The third-order valence-electron chi connectivity index (χ3n) is 8.37. The number of thiazole rings is 1. The lowest BCUT2D eigenvalue weighted by atomic mass is 10.0. The van der Waals surface area contributed by atoms with Crippen LogP contribution < -0.4 is 14.9 Å². The number of carbonyl (C=O) groups is 3. The highest BCUT2D eigenvalue weighted by Crippen LogP contribution is 2.42. The zero-order chi connectivity index (χ0) is 31.3. The Hall–Kier alpha value is -4.08. The normalized spacial score (nSPS) is 17.9. The average Bonchev–Trinajstić information content (AvgIpc) is 3.74. The largest absolute Gasteiger partial charge is 0.465 e. The summed E-state index contributed by atoms with van der Waals surface area (Å²) in [4.78, 5) is 51.9. The standard InChI is InChI=1S/C29H33N7O6S2/c1-16-26(19-12-20-14-36(17(2)18-8-9-18)27(38)25(20)21(13-19)44(41,42)30-3)43-28(31-16)33-22-6-4-7-23(32-22)35-11-5-10-34(29(39)40)15-24(35)37/h4,6-7,12-13,17-18,30H,5,8-11,14-15H2,1-3H3,(H,39,40)(H,31,32,33). The van der Waals surface area contributed by atoms with Crippen molar-refractivity contribution in [1.82, 2.24) is 24.5 Å². The van der Waals surface area contributed by atoms with Crippen LogP contribution in [-0.2, 0) is 21.4 Å². The quantitative estimate of drug-likeness (QED) is 0.334. The summed E-state index contributed by atoms with van der Waals surface area (Å²) in [5.74, 6) is 0.675. The van der Waals surface area contributed by atoms with E-state index in [4.69, 9.17) is 0 Å². The van der Waals surface area contributed by atoms with E-state index in [0.717, 1.165) is 22.6 Å². The second kappa shape index (κ2) is 11.4. The molecule has 1 saturated carbocycles. The van der Waals surface area contributed by atoms with Gasteiger partial charge in [-0.1, -0.05) is 17.4 Å². The first-order valence-electron chi connectivity index (χ1n) is 14.4. The fourth-order valence-corrected chi connectivity index (χ4v) is 7.75. The number of carbonyl (C=O) groups excluding carboxylic acids is 2. The van der Waals surface area contributed by atoms with Crippen LogP contribution in [0, 0.1) is 12.8 Å². The Morgan fingerprint density at radius 2 is 1.91 bits per heavy atom. The van der Waals surface area contributed by atoms with Crippen LogP contribution in [-0.4, -0.2) is 83.9 Å². The fraction of sp³-hybridized carbons (Fsp3) is 0.414. The maximum absolute atomic E-state index is 13.5. The number of nitrogens with zero attached hydrogens (tertiary/aromatic N) is 5. The number of hydrogen-bond acceptors (Lipinski definition) is 9. The number of hydrogen-bond donors (Lipinski definition) is 3. The number of anilines is 3. The van der Waals surface area contributed by atoms with E-state index in [9.17, 15) is 27.9 Å². The molecular weight excluding hydrogens is 606 g/mol. The monoisotopic (exact) mass is 639 g/mol. The van der Waals surface area contributed by atoms with Gasteiger partial charge in [0.2, 0.25) is 15.9 Å². The Morgan fingerprint density at radius 1 is 1.14 bits per heavy atom. The molecule has 2 aromatic heterocycles. The number of sulfonamides is 1. The van der Waals surface area contributed by atoms with E-state index in [1.54, 1.807) is 29.2 Å². The number of aryl methyl sites for hydroxylation is 1. The SMILES string of the molecule is CNS(=O)(=O)c1cc(-c2sc(Nc3cccc(N4CCCN(C(=O)O)CC4=O)n3)nc2C)cc2c1C(=O)N(C(C)C1CC1)C2. The van der Waals surface area contributed by atoms with Crippen molar-refractivity contribution in [1.29, 1.82) is 0 Å². The van der Waals surface area contributed by atoms with Crippen molar-refractivity contribution in [3.63, 3.8) is 0 Å². The number of nitrogens with one attached hydrogen (secondary N) is 2. The third-order valence-corrected chi connectivity index (χ3v) is 10.9. The van der Waals surface area contributed by atoms with Crippen molar-refractivity contribution in [3.05, 3.63) is 47.2 Å². The van der Waals surface area contributed by atoms with Gasteiger partial charge >= 0.3 is 6.09 Å². The third kappa shape index (κ3) is 5.62. The van der Waals surface area contributed by atoms with Crippen LogP contribution in [0.25, 0.3) is 10.4 Å². The number of rotatable bonds is 8. The van der Waals surface area contributed by atoms with Crippen LogP contribution in [0.5, 0.6) is 0 Å². The minimum absolute atomic E-state index is 0.0356. The number of pyridine rings is 1. The Morgan fingerprint density at radius 3 is 2.61 bits per heavy atom. The van der Waals surface area contributed by atoms with Crippen molar-refractivity contribution < 1.29 is 27.9 Å². The average molecular weight is 640 g/mol. The topological polar surface area (TPSA) is 165 Å². The van der Waals surface area contributed by atoms with Crippen LogP contribution in [0.1, 0.15) is 47.8 Å². The minimum atomic E-state index is -3.93. The smallest absolute Gasteiger partial charge is 0.407 e. The van der Waals surface area contributed by atoms with E-state index in [-0.39, 0.29) is 41.4 Å². The predicted octanol–water partition coefficient (Wildman–Crippen LogP) is 3.64. The van der Waals surface area contributed by atoms with Crippen molar-refractivity contribution in [3.8, 4) is 10.4 Å². The van der Waals surface area contributed by atoms with Crippen LogP contribution in [0.4, 0.5) is 21.6 Å². The van der Waals surface area contributed by atoms with Crippen LogP contribution in [0.2, 0.25) is 0 Å². The molecule has 2 aliphatic heterocycles. The van der Waals surface area contributed by atoms with Crippen molar-refractivity contribution >= 4 is 56.0 Å². The van der Waals surface area contributed by atoms with Gasteiger partial charge in [-0.25, -0.2) is 27.9 Å². The van der Waals surface area contributed by atoms with Gasteiger partial charge in [0.1, 0.15) is 18.2 Å². The van der Waals surface area contributed by atoms with Gasteiger partial charge in [-0.15, -0.1) is 0 Å². The molecule has 13 nitrogen and oxygen atoms in total. The number of benzene rings is 1. The van der Waals surface area contributed by atoms with Gasteiger partial charge in [0, 0.05) is 25.7 Å². The Kier molecular flexibility index (Phi) is 7.80. The number of amides is 3. The van der Waals surface area contributed by atoms with Crippen molar-refractivity contribution in [2.45, 2.75) is 50.6 Å². The molecular formula is C29H33N7O6S2. The molecule has 6 rings (SSSR count). The molecule has 1 unspecified atom stereocenters. The molecule has 0 radical (unpaired) electrons. The summed E-state index contributed by atoms with van der Waals surface area (Å²) in [6.45, 7) is 4.58. The maximum Gasteiger partial charge on any atom is 0.407 e. The first-order valence-corrected chi connectivity index (χ1v) is 16.7. The second-order valence-electron chi connectivity index (χ2n) is 11.3.